The molecule has 4 heteroatoms. The van der Waals surface area contributed by atoms with Gasteiger partial charge in [-0.05, 0) is 40.4 Å². The van der Waals surface area contributed by atoms with E-state index in [0.29, 0.717) is 12.4 Å². The zero-order valence-electron chi connectivity index (χ0n) is 15.1. The number of hydrogen-bond donors (Lipinski definition) is 1. The topological polar surface area (TPSA) is 46.5 Å². The molecule has 3 nitrogen and oxygen atoms in total. The number of unbranched alkanes of at least 4 members (excludes halogenated alkanes) is 7. The van der Waals surface area contributed by atoms with Gasteiger partial charge in [0.2, 0.25) is 0 Å². The quantitative estimate of drug-likeness (QED) is 0.379. The van der Waals surface area contributed by atoms with Gasteiger partial charge in [-0.15, -0.1) is 0 Å². The lowest BCUT2D eigenvalue weighted by molar-refractivity contribution is 0.0692. The Morgan fingerprint density at radius 3 is 2.21 bits per heavy atom. The predicted octanol–water partition coefficient (Wildman–Crippen LogP) is 6.62. The highest BCUT2D eigenvalue weighted by atomic mass is 79.9. The van der Waals surface area contributed by atoms with E-state index in [-0.39, 0.29) is 5.56 Å². The summed E-state index contributed by atoms with van der Waals surface area (Å²) in [6.07, 6.45) is 11.8. The van der Waals surface area contributed by atoms with E-state index >= 15 is 0 Å². The Labute approximate surface area is 154 Å². The number of rotatable bonds is 13. The molecule has 0 saturated carbocycles. The van der Waals surface area contributed by atoms with Crippen molar-refractivity contribution in [3.8, 4) is 5.75 Å². The molecule has 0 spiro atoms. The highest BCUT2D eigenvalue weighted by Crippen LogP contribution is 2.33. The zero-order chi connectivity index (χ0) is 17.8. The van der Waals surface area contributed by atoms with Gasteiger partial charge in [0.15, 0.2) is 0 Å². The van der Waals surface area contributed by atoms with Crippen LogP contribution in [0.3, 0.4) is 0 Å². The minimum absolute atomic E-state index is 0.237. The van der Waals surface area contributed by atoms with Gasteiger partial charge in [-0.25, -0.2) is 4.79 Å². The summed E-state index contributed by atoms with van der Waals surface area (Å²) >= 11 is 3.53. The fraction of sp³-hybridized carbons (Fsp3) is 0.650. The molecule has 0 saturated heterocycles. The number of carbonyl (C=O) groups is 1. The molecule has 0 aliphatic carbocycles. The van der Waals surface area contributed by atoms with E-state index in [1.807, 2.05) is 6.07 Å². The molecule has 0 radical (unpaired) electrons. The average molecular weight is 399 g/mol. The Morgan fingerprint density at radius 2 is 1.62 bits per heavy atom. The van der Waals surface area contributed by atoms with Crippen molar-refractivity contribution in [1.82, 2.24) is 0 Å². The van der Waals surface area contributed by atoms with Crippen molar-refractivity contribution < 1.29 is 14.6 Å². The number of aryl methyl sites for hydroxylation is 1. The normalized spacial score (nSPS) is 10.8. The van der Waals surface area contributed by atoms with Crippen LogP contribution in [0.2, 0.25) is 0 Å². The summed E-state index contributed by atoms with van der Waals surface area (Å²) in [5.74, 6) is -0.457. The largest absolute Gasteiger partial charge is 0.491 e. The van der Waals surface area contributed by atoms with E-state index in [9.17, 15) is 9.90 Å². The van der Waals surface area contributed by atoms with E-state index in [1.165, 1.54) is 38.5 Å². The van der Waals surface area contributed by atoms with Crippen LogP contribution < -0.4 is 4.74 Å². The van der Waals surface area contributed by atoms with Crippen molar-refractivity contribution in [2.24, 2.45) is 0 Å². The number of hydrogen-bond acceptors (Lipinski definition) is 2. The lowest BCUT2D eigenvalue weighted by Crippen LogP contribution is -2.06. The third-order valence-corrected chi connectivity index (χ3v) is 5.04. The van der Waals surface area contributed by atoms with Gasteiger partial charge in [0, 0.05) is 0 Å². The number of halogens is 1. The van der Waals surface area contributed by atoms with Gasteiger partial charge < -0.3 is 9.84 Å². The van der Waals surface area contributed by atoms with Crippen LogP contribution in [-0.2, 0) is 6.42 Å². The van der Waals surface area contributed by atoms with E-state index in [0.717, 1.165) is 35.7 Å². The van der Waals surface area contributed by atoms with E-state index < -0.39 is 5.97 Å². The van der Waals surface area contributed by atoms with Crippen LogP contribution in [0.25, 0.3) is 0 Å². The highest BCUT2D eigenvalue weighted by molar-refractivity contribution is 9.10. The maximum Gasteiger partial charge on any atom is 0.339 e. The number of ether oxygens (including phenoxy) is 1. The van der Waals surface area contributed by atoms with Crippen LogP contribution in [-0.4, -0.2) is 17.7 Å². The van der Waals surface area contributed by atoms with Gasteiger partial charge in [0.25, 0.3) is 0 Å². The second-order valence-electron chi connectivity index (χ2n) is 6.29. The van der Waals surface area contributed by atoms with E-state index in [4.69, 9.17) is 4.74 Å². The second kappa shape index (κ2) is 12.3. The molecule has 0 aliphatic rings. The molecule has 1 aromatic rings. The van der Waals surface area contributed by atoms with Crippen LogP contribution in [0.5, 0.6) is 5.75 Å². The Balaban J connectivity index is 2.45. The minimum atomic E-state index is -0.940. The van der Waals surface area contributed by atoms with Gasteiger partial charge in [-0.2, -0.15) is 0 Å². The molecular formula is C20H31BrO3. The first kappa shape index (κ1) is 21.0. The van der Waals surface area contributed by atoms with Crippen molar-refractivity contribution in [2.75, 3.05) is 6.61 Å². The van der Waals surface area contributed by atoms with Crippen LogP contribution in [0, 0.1) is 0 Å². The maximum absolute atomic E-state index is 11.4. The molecular weight excluding hydrogens is 368 g/mol. The lowest BCUT2D eigenvalue weighted by atomic mass is 10.1. The van der Waals surface area contributed by atoms with Gasteiger partial charge in [-0.1, -0.05) is 71.3 Å². The van der Waals surface area contributed by atoms with Gasteiger partial charge in [-0.3, -0.25) is 0 Å². The van der Waals surface area contributed by atoms with Crippen LogP contribution >= 0.6 is 15.9 Å². The molecule has 1 N–H and O–H groups in total. The SMILES string of the molecule is CCCCCCCCCCOc1c(C(=O)O)ccc(CCC)c1Br. The third-order valence-electron chi connectivity index (χ3n) is 4.17. The van der Waals surface area contributed by atoms with Crippen molar-refractivity contribution in [3.05, 3.63) is 27.7 Å². The smallest absolute Gasteiger partial charge is 0.339 e. The van der Waals surface area contributed by atoms with Gasteiger partial charge in [0.1, 0.15) is 11.3 Å². The molecule has 0 aliphatic heterocycles. The average Bonchev–Trinajstić information content (AvgIpc) is 2.56. The molecule has 0 aromatic heterocycles. The Hall–Kier alpha value is -1.03. The summed E-state index contributed by atoms with van der Waals surface area (Å²) in [4.78, 5) is 11.4. The number of aromatic carboxylic acids is 1. The Kier molecular flexibility index (Phi) is 10.8. The Bertz CT molecular complexity index is 500. The second-order valence-corrected chi connectivity index (χ2v) is 7.09. The number of carboxylic acids is 1. The molecule has 0 heterocycles. The van der Waals surface area contributed by atoms with E-state index in [1.54, 1.807) is 6.07 Å². The zero-order valence-corrected chi connectivity index (χ0v) is 16.7. The number of carboxylic acid groups (broad SMARTS) is 1. The molecule has 0 bridgehead atoms. The molecule has 0 fully saturated rings. The highest BCUT2D eigenvalue weighted by Gasteiger charge is 2.17. The van der Waals surface area contributed by atoms with Crippen molar-refractivity contribution in [1.29, 1.82) is 0 Å². The summed E-state index contributed by atoms with van der Waals surface area (Å²) in [7, 11) is 0. The first-order valence-electron chi connectivity index (χ1n) is 9.29. The van der Waals surface area contributed by atoms with Crippen molar-refractivity contribution in [3.63, 3.8) is 0 Å². The van der Waals surface area contributed by atoms with Gasteiger partial charge in [0.05, 0.1) is 11.1 Å². The van der Waals surface area contributed by atoms with E-state index in [2.05, 4.69) is 29.8 Å². The standard InChI is InChI=1S/C20H31BrO3/c1-3-5-6-7-8-9-10-11-15-24-19-17(20(22)23)14-13-16(12-4-2)18(19)21/h13-14H,3-12,15H2,1-2H3,(H,22,23). The van der Waals surface area contributed by atoms with Crippen molar-refractivity contribution in [2.45, 2.75) is 78.1 Å². The molecule has 1 rings (SSSR count). The maximum atomic E-state index is 11.4. The Morgan fingerprint density at radius 1 is 1.00 bits per heavy atom. The van der Waals surface area contributed by atoms with Crippen LogP contribution in [0.1, 0.15) is 87.6 Å². The van der Waals surface area contributed by atoms with Crippen LogP contribution in [0.15, 0.2) is 16.6 Å². The summed E-state index contributed by atoms with van der Waals surface area (Å²) < 4.78 is 6.63. The van der Waals surface area contributed by atoms with Crippen molar-refractivity contribution >= 4 is 21.9 Å². The summed E-state index contributed by atoms with van der Waals surface area (Å²) in [5, 5.41) is 9.35. The van der Waals surface area contributed by atoms with Crippen LogP contribution in [0.4, 0.5) is 0 Å². The third kappa shape index (κ3) is 7.25. The lowest BCUT2D eigenvalue weighted by Gasteiger charge is -2.14. The fourth-order valence-electron chi connectivity index (χ4n) is 2.78. The molecule has 0 amide bonds. The predicted molar refractivity (Wildman–Crippen MR) is 103 cm³/mol. The molecule has 24 heavy (non-hydrogen) atoms. The summed E-state index contributed by atoms with van der Waals surface area (Å²) in [6.45, 7) is 4.92. The molecule has 0 unspecified atom stereocenters. The molecule has 1 aromatic carbocycles. The molecule has 0 atom stereocenters. The molecule has 136 valence electrons. The first-order chi connectivity index (χ1) is 11.6. The monoisotopic (exact) mass is 398 g/mol. The fourth-order valence-corrected chi connectivity index (χ4v) is 3.44. The summed E-state index contributed by atoms with van der Waals surface area (Å²) in [5.41, 5.74) is 1.34. The minimum Gasteiger partial charge on any atom is -0.491 e. The summed E-state index contributed by atoms with van der Waals surface area (Å²) in [6, 6.07) is 3.53. The first-order valence-corrected chi connectivity index (χ1v) is 10.1. The number of benzene rings is 1. The van der Waals surface area contributed by atoms with Gasteiger partial charge >= 0.3 is 5.97 Å².